The quantitative estimate of drug-likeness (QED) is 0.795. The maximum Gasteiger partial charge on any atom is 0.151 e. The molecule has 0 radical (unpaired) electrons. The number of H-pyrrole nitrogens is 1. The van der Waals surface area contributed by atoms with Crippen LogP contribution in [0.3, 0.4) is 0 Å². The molecule has 1 atom stereocenters. The van der Waals surface area contributed by atoms with Gasteiger partial charge in [0.05, 0.1) is 0 Å². The molecule has 0 aliphatic rings. The van der Waals surface area contributed by atoms with E-state index < -0.39 is 0 Å². The first-order chi connectivity index (χ1) is 6.89. The molecule has 1 unspecified atom stereocenters. The Hall–Kier alpha value is -0.900. The summed E-state index contributed by atoms with van der Waals surface area (Å²) in [6, 6.07) is 0.498. The van der Waals surface area contributed by atoms with Crippen molar-refractivity contribution >= 4 is 0 Å². The molecule has 1 aromatic heterocycles. The summed E-state index contributed by atoms with van der Waals surface area (Å²) in [5.41, 5.74) is 0.301. The smallest absolute Gasteiger partial charge is 0.151 e. The molecule has 0 aromatic carbocycles. The summed E-state index contributed by atoms with van der Waals surface area (Å²) in [7, 11) is 0. The van der Waals surface area contributed by atoms with Gasteiger partial charge in [-0.2, -0.15) is 5.10 Å². The Kier molecular flexibility index (Phi) is 3.85. The van der Waals surface area contributed by atoms with Crippen LogP contribution in [0.2, 0.25) is 0 Å². The van der Waals surface area contributed by atoms with Crippen LogP contribution < -0.4 is 5.32 Å². The molecule has 86 valence electrons. The zero-order valence-electron chi connectivity index (χ0n) is 10.4. The number of nitrogens with zero attached hydrogens (tertiary/aromatic N) is 2. The van der Waals surface area contributed by atoms with Crippen molar-refractivity contribution in [1.29, 1.82) is 0 Å². The summed E-state index contributed by atoms with van der Waals surface area (Å²) in [5.74, 6) is 1.77. The van der Waals surface area contributed by atoms with Crippen molar-refractivity contribution in [2.45, 2.75) is 47.1 Å². The molecule has 15 heavy (non-hydrogen) atoms. The lowest BCUT2D eigenvalue weighted by molar-refractivity contribution is 0.287. The van der Waals surface area contributed by atoms with Crippen LogP contribution in [0.1, 0.15) is 39.3 Å². The molecular weight excluding hydrogens is 188 g/mol. The van der Waals surface area contributed by atoms with Crippen molar-refractivity contribution in [3.05, 3.63) is 11.6 Å². The van der Waals surface area contributed by atoms with Crippen LogP contribution in [-0.4, -0.2) is 27.8 Å². The summed E-state index contributed by atoms with van der Waals surface area (Å²) >= 11 is 0. The summed E-state index contributed by atoms with van der Waals surface area (Å²) < 4.78 is 0. The van der Waals surface area contributed by atoms with Crippen LogP contribution in [0.4, 0.5) is 0 Å². The molecule has 0 bridgehead atoms. The minimum Gasteiger partial charge on any atom is -0.313 e. The molecule has 1 heterocycles. The van der Waals surface area contributed by atoms with E-state index in [1.54, 1.807) is 0 Å². The van der Waals surface area contributed by atoms with Gasteiger partial charge < -0.3 is 5.32 Å². The monoisotopic (exact) mass is 210 g/mol. The third-order valence-electron chi connectivity index (χ3n) is 2.74. The van der Waals surface area contributed by atoms with Crippen LogP contribution >= 0.6 is 0 Å². The van der Waals surface area contributed by atoms with Crippen LogP contribution in [0.25, 0.3) is 0 Å². The summed E-state index contributed by atoms with van der Waals surface area (Å²) in [4.78, 5) is 4.26. The molecule has 4 nitrogen and oxygen atoms in total. The highest BCUT2D eigenvalue weighted by Gasteiger charge is 2.18. The lowest BCUT2D eigenvalue weighted by Gasteiger charge is -2.28. The van der Waals surface area contributed by atoms with Gasteiger partial charge in [0.2, 0.25) is 0 Å². The van der Waals surface area contributed by atoms with E-state index in [1.807, 2.05) is 6.92 Å². The second-order valence-electron chi connectivity index (χ2n) is 5.13. The summed E-state index contributed by atoms with van der Waals surface area (Å²) in [5, 5.41) is 10.4. The van der Waals surface area contributed by atoms with Gasteiger partial charge in [0.15, 0.2) is 5.82 Å². The molecule has 1 rings (SSSR count). The second-order valence-corrected chi connectivity index (χ2v) is 5.13. The topological polar surface area (TPSA) is 53.6 Å². The number of hydrogen-bond acceptors (Lipinski definition) is 3. The van der Waals surface area contributed by atoms with E-state index in [0.29, 0.717) is 11.5 Å². The van der Waals surface area contributed by atoms with E-state index >= 15 is 0 Å². The molecule has 0 saturated heterocycles. The number of hydrogen-bond donors (Lipinski definition) is 2. The SMILES string of the molecule is Cc1nc(CCNC(C)C(C)(C)C)n[nH]1. The van der Waals surface area contributed by atoms with Crippen molar-refractivity contribution in [3.8, 4) is 0 Å². The number of aromatic amines is 1. The Labute approximate surface area is 91.9 Å². The molecule has 0 fully saturated rings. The average molecular weight is 210 g/mol. The molecule has 0 saturated carbocycles. The molecule has 4 heteroatoms. The van der Waals surface area contributed by atoms with E-state index in [9.17, 15) is 0 Å². The Morgan fingerprint density at radius 1 is 1.40 bits per heavy atom. The van der Waals surface area contributed by atoms with Gasteiger partial charge in [0.1, 0.15) is 5.82 Å². The maximum atomic E-state index is 4.26. The first kappa shape index (κ1) is 12.2. The van der Waals surface area contributed by atoms with Gasteiger partial charge in [0, 0.05) is 19.0 Å². The van der Waals surface area contributed by atoms with Gasteiger partial charge >= 0.3 is 0 Å². The van der Waals surface area contributed by atoms with Crippen molar-refractivity contribution in [2.75, 3.05) is 6.54 Å². The Morgan fingerprint density at radius 3 is 2.53 bits per heavy atom. The van der Waals surface area contributed by atoms with Crippen molar-refractivity contribution in [1.82, 2.24) is 20.5 Å². The highest BCUT2D eigenvalue weighted by molar-refractivity contribution is 4.88. The Bertz CT molecular complexity index is 298. The number of nitrogens with one attached hydrogen (secondary N) is 2. The highest BCUT2D eigenvalue weighted by atomic mass is 15.2. The highest BCUT2D eigenvalue weighted by Crippen LogP contribution is 2.18. The minimum atomic E-state index is 0.301. The van der Waals surface area contributed by atoms with Crippen LogP contribution in [0.5, 0.6) is 0 Å². The fourth-order valence-corrected chi connectivity index (χ4v) is 1.21. The molecule has 0 amide bonds. The zero-order chi connectivity index (χ0) is 11.5. The van der Waals surface area contributed by atoms with Crippen LogP contribution in [0.15, 0.2) is 0 Å². The van der Waals surface area contributed by atoms with Crippen LogP contribution in [-0.2, 0) is 6.42 Å². The maximum absolute atomic E-state index is 4.26. The number of rotatable bonds is 4. The number of aromatic nitrogens is 3. The summed E-state index contributed by atoms with van der Waals surface area (Å²) in [6.07, 6.45) is 0.880. The fourth-order valence-electron chi connectivity index (χ4n) is 1.21. The Balaban J connectivity index is 2.28. The fraction of sp³-hybridized carbons (Fsp3) is 0.818. The predicted octanol–water partition coefficient (Wildman–Crippen LogP) is 1.68. The average Bonchev–Trinajstić information content (AvgIpc) is 2.49. The molecular formula is C11H22N4. The summed E-state index contributed by atoms with van der Waals surface area (Å²) in [6.45, 7) is 11.8. The first-order valence-electron chi connectivity index (χ1n) is 5.51. The van der Waals surface area contributed by atoms with Gasteiger partial charge in [-0.15, -0.1) is 0 Å². The van der Waals surface area contributed by atoms with Crippen molar-refractivity contribution < 1.29 is 0 Å². The van der Waals surface area contributed by atoms with Crippen molar-refractivity contribution in [2.24, 2.45) is 5.41 Å². The van der Waals surface area contributed by atoms with E-state index in [0.717, 1.165) is 24.6 Å². The van der Waals surface area contributed by atoms with E-state index in [-0.39, 0.29) is 0 Å². The number of aryl methyl sites for hydroxylation is 1. The molecule has 0 aliphatic heterocycles. The van der Waals surface area contributed by atoms with Gasteiger partial charge in [-0.25, -0.2) is 4.98 Å². The van der Waals surface area contributed by atoms with Crippen LogP contribution in [0, 0.1) is 12.3 Å². The second kappa shape index (κ2) is 4.75. The molecule has 1 aromatic rings. The lowest BCUT2D eigenvalue weighted by atomic mass is 9.88. The normalized spacial score (nSPS) is 14.2. The molecule has 0 aliphatic carbocycles. The first-order valence-corrected chi connectivity index (χ1v) is 5.51. The molecule has 0 spiro atoms. The Morgan fingerprint density at radius 2 is 2.07 bits per heavy atom. The third kappa shape index (κ3) is 4.00. The van der Waals surface area contributed by atoms with Gasteiger partial charge in [-0.1, -0.05) is 20.8 Å². The van der Waals surface area contributed by atoms with Gasteiger partial charge in [-0.05, 0) is 19.3 Å². The van der Waals surface area contributed by atoms with E-state index in [1.165, 1.54) is 0 Å². The van der Waals surface area contributed by atoms with Gasteiger partial charge in [0.25, 0.3) is 0 Å². The molecule has 2 N–H and O–H groups in total. The third-order valence-corrected chi connectivity index (χ3v) is 2.74. The van der Waals surface area contributed by atoms with E-state index in [2.05, 4.69) is 48.2 Å². The minimum absolute atomic E-state index is 0.301. The largest absolute Gasteiger partial charge is 0.313 e. The predicted molar refractivity (Wildman–Crippen MR) is 61.7 cm³/mol. The lowest BCUT2D eigenvalue weighted by Crippen LogP contribution is -2.38. The standard InChI is InChI=1S/C11H22N4/c1-8(11(3,4)5)12-7-6-10-13-9(2)14-15-10/h8,12H,6-7H2,1-5H3,(H,13,14,15). The van der Waals surface area contributed by atoms with Gasteiger partial charge in [-0.3, -0.25) is 5.10 Å². The van der Waals surface area contributed by atoms with Crippen molar-refractivity contribution in [3.63, 3.8) is 0 Å². The van der Waals surface area contributed by atoms with E-state index in [4.69, 9.17) is 0 Å². The zero-order valence-corrected chi connectivity index (χ0v) is 10.4.